The van der Waals surface area contributed by atoms with E-state index in [0.717, 1.165) is 51.4 Å². The topological polar surface area (TPSA) is 61.1 Å². The molecule has 1 fully saturated rings. The molecule has 8 bridgehead atoms. The highest BCUT2D eigenvalue weighted by molar-refractivity contribution is 6.01. The zero-order valence-corrected chi connectivity index (χ0v) is 15.9. The second-order valence-corrected chi connectivity index (χ2v) is 7.66. The summed E-state index contributed by atoms with van der Waals surface area (Å²) in [5.74, 6) is 0. The first kappa shape index (κ1) is 17.4. The molecule has 0 saturated carbocycles. The standard InChI is InChI=1S/C19H22N4.C2H7N/c1-3-14-10-16-5-7-18(22-16)19-8-6-17(23-19)11-15-4-2-13(21-15)9-12(1)20-14;1-3-2/h9-11,18-20H,1-8H2;3H,1-2H3/b12-9?,14-10?,15-11-;. The van der Waals surface area contributed by atoms with Gasteiger partial charge in [0.2, 0.25) is 0 Å². The molecule has 5 heterocycles. The largest absolute Gasteiger partial charge is 0.362 e. The molecule has 0 radical (unpaired) electrons. The molecule has 2 unspecified atom stereocenters. The first-order valence-corrected chi connectivity index (χ1v) is 9.91. The summed E-state index contributed by atoms with van der Waals surface area (Å²) in [5.41, 5.74) is 7.53. The van der Waals surface area contributed by atoms with E-state index in [0.29, 0.717) is 12.1 Å². The van der Waals surface area contributed by atoms with Crippen LogP contribution in [0.5, 0.6) is 0 Å². The van der Waals surface area contributed by atoms with E-state index in [1.807, 2.05) is 14.1 Å². The average molecular weight is 351 g/mol. The number of fused-ring (bicyclic) bond motifs is 6. The summed E-state index contributed by atoms with van der Waals surface area (Å²) in [6.07, 6.45) is 15.6. The third-order valence-electron chi connectivity index (χ3n) is 5.42. The lowest BCUT2D eigenvalue weighted by molar-refractivity contribution is 0.527. The summed E-state index contributed by atoms with van der Waals surface area (Å²) < 4.78 is 0. The summed E-state index contributed by atoms with van der Waals surface area (Å²) in [4.78, 5) is 14.7. The quantitative estimate of drug-likeness (QED) is 0.703. The molecule has 5 aliphatic rings. The van der Waals surface area contributed by atoms with E-state index in [4.69, 9.17) is 15.0 Å². The average Bonchev–Trinajstić information content (AvgIpc) is 3.38. The van der Waals surface area contributed by atoms with Crippen LogP contribution < -0.4 is 10.6 Å². The van der Waals surface area contributed by atoms with Gasteiger partial charge >= 0.3 is 0 Å². The molecule has 0 aromatic rings. The molecular formula is C21H29N5. The van der Waals surface area contributed by atoms with Gasteiger partial charge in [0.1, 0.15) is 0 Å². The molecule has 0 aromatic heterocycles. The van der Waals surface area contributed by atoms with Crippen molar-refractivity contribution in [2.24, 2.45) is 15.0 Å². The van der Waals surface area contributed by atoms with E-state index in [1.165, 1.54) is 34.2 Å². The Balaban J connectivity index is 0.000000527. The Labute approximate surface area is 156 Å². The number of aliphatic imine (C=N–C) groups is 3. The van der Waals surface area contributed by atoms with Crippen molar-refractivity contribution in [3.8, 4) is 0 Å². The molecule has 0 aromatic carbocycles. The maximum Gasteiger partial charge on any atom is 0.0730 e. The SMILES string of the molecule is C1=C2CCC(=CC3=NC(CC3)C3CCC(=N3)/C=C3/CCC1=N3)N2.CNC. The molecule has 5 heteroatoms. The Morgan fingerprint density at radius 2 is 1.35 bits per heavy atom. The predicted molar refractivity (Wildman–Crippen MR) is 109 cm³/mol. The van der Waals surface area contributed by atoms with Gasteiger partial charge in [0.25, 0.3) is 0 Å². The van der Waals surface area contributed by atoms with Crippen LogP contribution in [0.15, 0.2) is 50.3 Å². The van der Waals surface area contributed by atoms with E-state index >= 15 is 0 Å². The van der Waals surface area contributed by atoms with Crippen molar-refractivity contribution in [1.82, 2.24) is 10.6 Å². The van der Waals surface area contributed by atoms with Crippen molar-refractivity contribution in [3.63, 3.8) is 0 Å². The number of rotatable bonds is 0. The number of hydrogen-bond donors (Lipinski definition) is 2. The van der Waals surface area contributed by atoms with Crippen LogP contribution >= 0.6 is 0 Å². The van der Waals surface area contributed by atoms with E-state index in [9.17, 15) is 0 Å². The minimum absolute atomic E-state index is 0.387. The molecule has 5 rings (SSSR count). The van der Waals surface area contributed by atoms with Crippen molar-refractivity contribution in [2.75, 3.05) is 14.1 Å². The summed E-state index contributed by atoms with van der Waals surface area (Å²) in [6, 6.07) is 0.778. The third-order valence-corrected chi connectivity index (χ3v) is 5.42. The monoisotopic (exact) mass is 351 g/mol. The van der Waals surface area contributed by atoms with E-state index in [-0.39, 0.29) is 0 Å². The van der Waals surface area contributed by atoms with Crippen LogP contribution in [-0.2, 0) is 0 Å². The van der Waals surface area contributed by atoms with Gasteiger partial charge in [0.15, 0.2) is 0 Å². The second kappa shape index (κ2) is 7.70. The fourth-order valence-electron chi connectivity index (χ4n) is 4.22. The van der Waals surface area contributed by atoms with E-state index in [2.05, 4.69) is 28.9 Å². The van der Waals surface area contributed by atoms with Gasteiger partial charge in [-0.15, -0.1) is 0 Å². The molecule has 5 nitrogen and oxygen atoms in total. The van der Waals surface area contributed by atoms with Crippen LogP contribution in [-0.4, -0.2) is 43.3 Å². The molecule has 0 spiro atoms. The summed E-state index contributed by atoms with van der Waals surface area (Å²) in [6.45, 7) is 0. The Bertz CT molecular complexity index is 750. The fourth-order valence-corrected chi connectivity index (χ4v) is 4.22. The Kier molecular flexibility index (Phi) is 5.16. The molecule has 0 aliphatic carbocycles. The minimum atomic E-state index is 0.387. The van der Waals surface area contributed by atoms with Gasteiger partial charge in [0, 0.05) is 34.2 Å². The van der Waals surface area contributed by atoms with Gasteiger partial charge in [0.05, 0.1) is 12.1 Å². The van der Waals surface area contributed by atoms with Crippen LogP contribution in [0.25, 0.3) is 0 Å². The van der Waals surface area contributed by atoms with Crippen molar-refractivity contribution in [1.29, 1.82) is 0 Å². The van der Waals surface area contributed by atoms with Crippen LogP contribution in [0.3, 0.4) is 0 Å². The predicted octanol–water partition coefficient (Wildman–Crippen LogP) is 3.31. The van der Waals surface area contributed by atoms with Crippen LogP contribution in [0.2, 0.25) is 0 Å². The highest BCUT2D eigenvalue weighted by atomic mass is 15.0. The number of allylic oxidation sites excluding steroid dienone is 6. The van der Waals surface area contributed by atoms with E-state index in [1.54, 1.807) is 0 Å². The third kappa shape index (κ3) is 3.88. The van der Waals surface area contributed by atoms with Crippen LogP contribution in [0.4, 0.5) is 0 Å². The van der Waals surface area contributed by atoms with Crippen molar-refractivity contribution in [2.45, 2.75) is 63.5 Å². The maximum atomic E-state index is 4.97. The Morgan fingerprint density at radius 1 is 0.769 bits per heavy atom. The Hall–Kier alpha value is -2.01. The number of nitrogens with zero attached hydrogens (tertiary/aromatic N) is 3. The van der Waals surface area contributed by atoms with Gasteiger partial charge in [-0.25, -0.2) is 0 Å². The first-order valence-electron chi connectivity index (χ1n) is 9.91. The lowest BCUT2D eigenvalue weighted by Gasteiger charge is -2.11. The highest BCUT2D eigenvalue weighted by Crippen LogP contribution is 2.30. The van der Waals surface area contributed by atoms with Crippen molar-refractivity contribution < 1.29 is 0 Å². The minimum Gasteiger partial charge on any atom is -0.362 e. The molecule has 2 N–H and O–H groups in total. The van der Waals surface area contributed by atoms with Gasteiger partial charge in [-0.3, -0.25) is 15.0 Å². The number of nitrogens with one attached hydrogen (secondary N) is 2. The highest BCUT2D eigenvalue weighted by Gasteiger charge is 2.29. The Morgan fingerprint density at radius 3 is 2.00 bits per heavy atom. The lowest BCUT2D eigenvalue weighted by atomic mass is 10.0. The first-order chi connectivity index (χ1) is 12.7. The van der Waals surface area contributed by atoms with Crippen molar-refractivity contribution in [3.05, 3.63) is 35.3 Å². The molecular weight excluding hydrogens is 322 g/mol. The molecule has 1 saturated heterocycles. The molecule has 138 valence electrons. The zero-order valence-electron chi connectivity index (χ0n) is 15.9. The van der Waals surface area contributed by atoms with Gasteiger partial charge < -0.3 is 10.6 Å². The second-order valence-electron chi connectivity index (χ2n) is 7.66. The van der Waals surface area contributed by atoms with Gasteiger partial charge in [-0.2, -0.15) is 0 Å². The molecule has 2 atom stereocenters. The smallest absolute Gasteiger partial charge is 0.0730 e. The normalized spacial score (nSPS) is 31.0. The zero-order chi connectivity index (χ0) is 17.9. The molecule has 0 amide bonds. The maximum absolute atomic E-state index is 4.97. The fraction of sp³-hybridized carbons (Fsp3) is 0.571. The lowest BCUT2D eigenvalue weighted by Crippen LogP contribution is -2.17. The number of hydrogen-bond acceptors (Lipinski definition) is 5. The van der Waals surface area contributed by atoms with Crippen LogP contribution in [0, 0.1) is 0 Å². The summed E-state index contributed by atoms with van der Waals surface area (Å²) >= 11 is 0. The van der Waals surface area contributed by atoms with Gasteiger partial charge in [-0.05, 0) is 83.7 Å². The van der Waals surface area contributed by atoms with Crippen LogP contribution in [0.1, 0.15) is 51.4 Å². The van der Waals surface area contributed by atoms with E-state index < -0.39 is 0 Å². The summed E-state index contributed by atoms with van der Waals surface area (Å²) in [5, 5.41) is 6.32. The molecule has 5 aliphatic heterocycles. The molecule has 26 heavy (non-hydrogen) atoms. The van der Waals surface area contributed by atoms with Gasteiger partial charge in [-0.1, -0.05) is 0 Å². The van der Waals surface area contributed by atoms with Crippen molar-refractivity contribution >= 4 is 17.1 Å². The summed E-state index contributed by atoms with van der Waals surface area (Å²) in [7, 11) is 3.75.